The first-order valence-corrected chi connectivity index (χ1v) is 11.4. The van der Waals surface area contributed by atoms with E-state index in [9.17, 15) is 14.7 Å². The lowest BCUT2D eigenvalue weighted by molar-refractivity contribution is -0.135. The number of ether oxygens (including phenoxy) is 2. The molecule has 0 fully saturated rings. The Morgan fingerprint density at radius 1 is 0.886 bits per heavy atom. The van der Waals surface area contributed by atoms with E-state index in [1.807, 2.05) is 42.5 Å². The molecule has 0 aromatic heterocycles. The molecule has 1 aliphatic heterocycles. The standard InChI is InChI=1S/C29H25NO5/c1-34-26-12-6-7-13-27(26)35-17-16-30-24-11-5-4-10-23(24)29(33,28(30)32)19-25(31)22-15-14-20-8-2-3-9-21(20)18-22/h2-15,18,33H,16-17,19H2,1H3. The Labute approximate surface area is 203 Å². The van der Waals surface area contributed by atoms with Crippen molar-refractivity contribution in [3.05, 3.63) is 102 Å². The van der Waals surface area contributed by atoms with Crippen LogP contribution in [0.4, 0.5) is 5.69 Å². The van der Waals surface area contributed by atoms with Gasteiger partial charge in [0.05, 0.1) is 25.8 Å². The van der Waals surface area contributed by atoms with E-state index in [-0.39, 0.29) is 25.4 Å². The van der Waals surface area contributed by atoms with Crippen molar-refractivity contribution in [1.29, 1.82) is 0 Å². The van der Waals surface area contributed by atoms with Crippen molar-refractivity contribution in [1.82, 2.24) is 0 Å². The van der Waals surface area contributed by atoms with Crippen molar-refractivity contribution < 1.29 is 24.2 Å². The summed E-state index contributed by atoms with van der Waals surface area (Å²) in [5.41, 5.74) is -0.476. The zero-order chi connectivity index (χ0) is 24.4. The first kappa shape index (κ1) is 22.6. The summed E-state index contributed by atoms with van der Waals surface area (Å²) in [5, 5.41) is 13.5. The number of ketones is 1. The van der Waals surface area contributed by atoms with Crippen LogP contribution in [0.15, 0.2) is 91.0 Å². The SMILES string of the molecule is COc1ccccc1OCCN1C(=O)C(O)(CC(=O)c2ccc3ccccc3c2)c2ccccc21. The Morgan fingerprint density at radius 3 is 2.37 bits per heavy atom. The van der Waals surface area contributed by atoms with E-state index < -0.39 is 11.5 Å². The third-order valence-electron chi connectivity index (χ3n) is 6.37. The van der Waals surface area contributed by atoms with Gasteiger partial charge in [0.25, 0.3) is 5.91 Å². The van der Waals surface area contributed by atoms with Crippen LogP contribution in [-0.2, 0) is 10.4 Å². The lowest BCUT2D eigenvalue weighted by Crippen LogP contribution is -2.43. The first-order valence-electron chi connectivity index (χ1n) is 11.4. The number of Topliss-reactive ketones (excluding diaryl/α,β-unsaturated/α-hetero) is 1. The highest BCUT2D eigenvalue weighted by atomic mass is 16.5. The molecular formula is C29H25NO5. The van der Waals surface area contributed by atoms with E-state index in [4.69, 9.17) is 9.47 Å². The van der Waals surface area contributed by atoms with Gasteiger partial charge in [-0.15, -0.1) is 0 Å². The van der Waals surface area contributed by atoms with E-state index in [1.54, 1.807) is 55.6 Å². The number of rotatable bonds is 8. The fourth-order valence-corrected chi connectivity index (χ4v) is 4.58. The molecule has 1 N–H and O–H groups in total. The number of carbonyl (C=O) groups excluding carboxylic acids is 2. The van der Waals surface area contributed by atoms with Gasteiger partial charge in [-0.25, -0.2) is 0 Å². The Hall–Kier alpha value is -4.16. The average molecular weight is 468 g/mol. The van der Waals surface area contributed by atoms with Crippen LogP contribution in [0.1, 0.15) is 22.3 Å². The van der Waals surface area contributed by atoms with Crippen molar-refractivity contribution in [2.75, 3.05) is 25.2 Å². The van der Waals surface area contributed by atoms with Crippen molar-refractivity contribution in [2.24, 2.45) is 0 Å². The topological polar surface area (TPSA) is 76.1 Å². The molecule has 176 valence electrons. The number of anilines is 1. The third kappa shape index (κ3) is 4.13. The molecule has 4 aromatic rings. The van der Waals surface area contributed by atoms with E-state index in [2.05, 4.69) is 0 Å². The lowest BCUT2D eigenvalue weighted by atomic mass is 9.88. The van der Waals surface area contributed by atoms with Crippen LogP contribution in [-0.4, -0.2) is 37.1 Å². The fourth-order valence-electron chi connectivity index (χ4n) is 4.58. The molecule has 6 nitrogen and oxygen atoms in total. The highest BCUT2D eigenvalue weighted by Crippen LogP contribution is 2.43. The zero-order valence-electron chi connectivity index (χ0n) is 19.3. The van der Waals surface area contributed by atoms with Crippen LogP contribution < -0.4 is 14.4 Å². The van der Waals surface area contributed by atoms with Gasteiger partial charge in [-0.1, -0.05) is 66.7 Å². The van der Waals surface area contributed by atoms with E-state index in [1.165, 1.54) is 4.90 Å². The molecule has 1 atom stereocenters. The summed E-state index contributed by atoms with van der Waals surface area (Å²) in [4.78, 5) is 28.2. The second-order valence-corrected chi connectivity index (χ2v) is 8.50. The highest BCUT2D eigenvalue weighted by molar-refractivity contribution is 6.11. The molecule has 1 aliphatic rings. The summed E-state index contributed by atoms with van der Waals surface area (Å²) in [7, 11) is 1.56. The van der Waals surface area contributed by atoms with Crippen LogP contribution in [0.5, 0.6) is 11.5 Å². The van der Waals surface area contributed by atoms with Gasteiger partial charge in [0.2, 0.25) is 0 Å². The minimum absolute atomic E-state index is 0.190. The number of amides is 1. The van der Waals surface area contributed by atoms with Gasteiger partial charge in [-0.2, -0.15) is 0 Å². The zero-order valence-corrected chi connectivity index (χ0v) is 19.3. The highest BCUT2D eigenvalue weighted by Gasteiger charge is 2.50. The fraction of sp³-hybridized carbons (Fsp3) is 0.172. The maximum atomic E-state index is 13.5. The largest absolute Gasteiger partial charge is 0.493 e. The molecule has 1 unspecified atom stereocenters. The van der Waals surface area contributed by atoms with Gasteiger partial charge >= 0.3 is 0 Å². The van der Waals surface area contributed by atoms with Crippen LogP contribution in [0.3, 0.4) is 0 Å². The van der Waals surface area contributed by atoms with Gasteiger partial charge < -0.3 is 19.5 Å². The van der Waals surface area contributed by atoms with Gasteiger partial charge in [0, 0.05) is 11.1 Å². The minimum Gasteiger partial charge on any atom is -0.493 e. The Morgan fingerprint density at radius 2 is 1.57 bits per heavy atom. The van der Waals surface area contributed by atoms with Crippen molar-refractivity contribution in [3.8, 4) is 11.5 Å². The quantitative estimate of drug-likeness (QED) is 0.379. The molecule has 0 saturated carbocycles. The molecule has 6 heteroatoms. The van der Waals surface area contributed by atoms with Crippen molar-refractivity contribution in [3.63, 3.8) is 0 Å². The predicted octanol–water partition coefficient (Wildman–Crippen LogP) is 4.73. The Bertz CT molecular complexity index is 1420. The summed E-state index contributed by atoms with van der Waals surface area (Å²) in [6, 6.07) is 27.4. The maximum Gasteiger partial charge on any atom is 0.264 e. The molecule has 0 radical (unpaired) electrons. The van der Waals surface area contributed by atoms with Crippen molar-refractivity contribution in [2.45, 2.75) is 12.0 Å². The number of para-hydroxylation sites is 3. The van der Waals surface area contributed by atoms with Crippen LogP contribution >= 0.6 is 0 Å². The van der Waals surface area contributed by atoms with Crippen LogP contribution in [0.25, 0.3) is 10.8 Å². The van der Waals surface area contributed by atoms with E-state index >= 15 is 0 Å². The molecule has 4 aromatic carbocycles. The van der Waals surface area contributed by atoms with Gasteiger partial charge in [0.1, 0.15) is 6.61 Å². The Kier molecular flexibility index (Phi) is 5.97. The number of benzene rings is 4. The average Bonchev–Trinajstić information content (AvgIpc) is 3.10. The normalized spacial score (nSPS) is 16.9. The summed E-state index contributed by atoms with van der Waals surface area (Å²) < 4.78 is 11.2. The summed E-state index contributed by atoms with van der Waals surface area (Å²) >= 11 is 0. The summed E-state index contributed by atoms with van der Waals surface area (Å²) in [6.45, 7) is 0.398. The molecule has 0 bridgehead atoms. The van der Waals surface area contributed by atoms with Crippen LogP contribution in [0.2, 0.25) is 0 Å². The molecule has 35 heavy (non-hydrogen) atoms. The van der Waals surface area contributed by atoms with Gasteiger partial charge in [-0.3, -0.25) is 9.59 Å². The number of aliphatic hydroxyl groups is 1. The second-order valence-electron chi connectivity index (χ2n) is 8.50. The number of hydrogen-bond donors (Lipinski definition) is 1. The molecule has 0 saturated heterocycles. The van der Waals surface area contributed by atoms with E-state index in [0.717, 1.165) is 10.8 Å². The Balaban J connectivity index is 1.37. The first-order chi connectivity index (χ1) is 17.0. The third-order valence-corrected chi connectivity index (χ3v) is 6.37. The predicted molar refractivity (Wildman–Crippen MR) is 134 cm³/mol. The number of nitrogens with zero attached hydrogens (tertiary/aromatic N) is 1. The minimum atomic E-state index is -1.94. The maximum absolute atomic E-state index is 13.5. The van der Waals surface area contributed by atoms with E-state index in [0.29, 0.717) is 28.3 Å². The molecule has 1 heterocycles. The molecule has 0 spiro atoms. The second kappa shape index (κ2) is 9.24. The number of methoxy groups -OCH3 is 1. The molecule has 5 rings (SSSR count). The van der Waals surface area contributed by atoms with Gasteiger partial charge in [0.15, 0.2) is 22.9 Å². The molecule has 0 aliphatic carbocycles. The van der Waals surface area contributed by atoms with Gasteiger partial charge in [-0.05, 0) is 35.0 Å². The monoisotopic (exact) mass is 467 g/mol. The summed E-state index contributed by atoms with van der Waals surface area (Å²) in [5.74, 6) is 0.333. The number of carbonyl (C=O) groups is 2. The number of fused-ring (bicyclic) bond motifs is 2. The summed E-state index contributed by atoms with van der Waals surface area (Å²) in [6.07, 6.45) is -0.342. The molecule has 1 amide bonds. The number of hydrogen-bond acceptors (Lipinski definition) is 5. The molecular weight excluding hydrogens is 442 g/mol. The van der Waals surface area contributed by atoms with Crippen molar-refractivity contribution >= 4 is 28.2 Å². The van der Waals surface area contributed by atoms with Crippen LogP contribution in [0, 0.1) is 0 Å². The smallest absolute Gasteiger partial charge is 0.264 e. The lowest BCUT2D eigenvalue weighted by Gasteiger charge is -2.23.